The molecule has 0 bridgehead atoms. The van der Waals surface area contributed by atoms with Crippen molar-refractivity contribution in [3.8, 4) is 0 Å². The van der Waals surface area contributed by atoms with Crippen molar-refractivity contribution in [1.29, 1.82) is 0 Å². The number of unbranched alkanes of at least 4 members (excludes halogenated alkanes) is 1. The van der Waals surface area contributed by atoms with Gasteiger partial charge in [0.2, 0.25) is 5.91 Å². The predicted octanol–water partition coefficient (Wildman–Crippen LogP) is -1.44. The van der Waals surface area contributed by atoms with Crippen LogP contribution in [0.3, 0.4) is 0 Å². The molecule has 0 aromatic carbocycles. The maximum absolute atomic E-state index is 12.0. The van der Waals surface area contributed by atoms with Gasteiger partial charge in [-0.05, 0) is 32.2 Å². The van der Waals surface area contributed by atoms with Crippen LogP contribution >= 0.6 is 0 Å². The Hall–Kier alpha value is -1.67. The molecule has 0 aromatic heterocycles. The number of nitrogens with two attached hydrogens (primary N) is 5. The highest BCUT2D eigenvalue weighted by molar-refractivity contribution is 5.89. The molecule has 8 heteroatoms. The van der Waals surface area contributed by atoms with E-state index in [9.17, 15) is 9.59 Å². The topological polar surface area (TPSA) is 177 Å². The molecular formula is C13H28N6O2. The number of Topliss-reactive ketones (excluding diaryl/α,β-unsaturated/α-hetero) is 1. The molecule has 0 spiro atoms. The maximum Gasteiger partial charge on any atom is 0.220 e. The minimum atomic E-state index is -0.559. The third-order valence-electron chi connectivity index (χ3n) is 3.24. The zero-order chi connectivity index (χ0) is 16.3. The van der Waals surface area contributed by atoms with Crippen molar-refractivity contribution < 1.29 is 9.59 Å². The number of ketones is 1. The van der Waals surface area contributed by atoms with Gasteiger partial charge in [0.25, 0.3) is 0 Å². The molecule has 0 fully saturated rings. The van der Waals surface area contributed by atoms with Crippen LogP contribution in [0.1, 0.15) is 38.5 Å². The molecule has 122 valence electrons. The maximum atomic E-state index is 12.0. The Balaban J connectivity index is 4.20. The number of carbonyl (C=O) groups is 2. The van der Waals surface area contributed by atoms with Crippen molar-refractivity contribution in [1.82, 2.24) is 0 Å². The Kier molecular flexibility index (Phi) is 10.2. The van der Waals surface area contributed by atoms with E-state index in [1.807, 2.05) is 0 Å². The Bertz CT molecular complexity index is 355. The fraction of sp³-hybridized carbons (Fsp3) is 0.769. The smallest absolute Gasteiger partial charge is 0.220 e. The summed E-state index contributed by atoms with van der Waals surface area (Å²) in [5.41, 5.74) is 26.9. The van der Waals surface area contributed by atoms with E-state index in [-0.39, 0.29) is 18.2 Å². The number of rotatable bonds is 12. The predicted molar refractivity (Wildman–Crippen MR) is 83.1 cm³/mol. The standard InChI is InChI=1S/C13H28N6O2/c14-6-2-1-5-10(15)11(20)8-9(12(16)21)4-3-7-19-13(17)18/h9-10H,1-8,14-15H2,(H2,16,21)(H4,17,18,19)/t9-,10+/m0/s1. The molecule has 0 aliphatic rings. The SMILES string of the molecule is NCCCC[C@@H](N)C(=O)C[C@H](CCCN=C(N)N)C(N)=O. The van der Waals surface area contributed by atoms with E-state index in [2.05, 4.69) is 4.99 Å². The van der Waals surface area contributed by atoms with Gasteiger partial charge in [-0.15, -0.1) is 0 Å². The number of carbonyl (C=O) groups excluding carboxylic acids is 2. The molecule has 0 radical (unpaired) electrons. The molecule has 0 unspecified atom stereocenters. The Morgan fingerprint density at radius 2 is 1.67 bits per heavy atom. The van der Waals surface area contributed by atoms with Gasteiger partial charge < -0.3 is 28.7 Å². The zero-order valence-electron chi connectivity index (χ0n) is 12.5. The normalized spacial score (nSPS) is 13.4. The second-order valence-electron chi connectivity index (χ2n) is 5.11. The molecule has 0 saturated heterocycles. The Labute approximate surface area is 125 Å². The van der Waals surface area contributed by atoms with Crippen molar-refractivity contribution in [3.05, 3.63) is 0 Å². The second kappa shape index (κ2) is 11.0. The number of aliphatic imine (C=N–C) groups is 1. The molecule has 0 rings (SSSR count). The lowest BCUT2D eigenvalue weighted by Crippen LogP contribution is -2.35. The number of guanidine groups is 1. The van der Waals surface area contributed by atoms with Crippen LogP contribution in [0.2, 0.25) is 0 Å². The summed E-state index contributed by atoms with van der Waals surface area (Å²) in [5, 5.41) is 0. The van der Waals surface area contributed by atoms with Crippen LogP contribution in [0.4, 0.5) is 0 Å². The van der Waals surface area contributed by atoms with Gasteiger partial charge >= 0.3 is 0 Å². The summed E-state index contributed by atoms with van der Waals surface area (Å²) in [6.45, 7) is 0.985. The van der Waals surface area contributed by atoms with Crippen LogP contribution in [0.15, 0.2) is 4.99 Å². The van der Waals surface area contributed by atoms with Crippen LogP contribution in [0.5, 0.6) is 0 Å². The molecule has 0 aliphatic heterocycles. The number of hydrogen-bond donors (Lipinski definition) is 5. The molecule has 1 amide bonds. The number of hydrogen-bond acceptors (Lipinski definition) is 5. The molecular weight excluding hydrogens is 272 g/mol. The molecule has 0 saturated carbocycles. The van der Waals surface area contributed by atoms with Crippen LogP contribution < -0.4 is 28.7 Å². The van der Waals surface area contributed by atoms with Gasteiger partial charge in [0.1, 0.15) is 5.78 Å². The van der Waals surface area contributed by atoms with Gasteiger partial charge in [0.05, 0.1) is 6.04 Å². The summed E-state index contributed by atoms with van der Waals surface area (Å²) in [6.07, 6.45) is 3.33. The summed E-state index contributed by atoms with van der Waals surface area (Å²) < 4.78 is 0. The molecule has 21 heavy (non-hydrogen) atoms. The average molecular weight is 300 g/mol. The second-order valence-corrected chi connectivity index (χ2v) is 5.11. The lowest BCUT2D eigenvalue weighted by atomic mass is 9.92. The lowest BCUT2D eigenvalue weighted by molar-refractivity contribution is -0.128. The molecule has 0 aliphatic carbocycles. The first-order chi connectivity index (χ1) is 9.88. The van der Waals surface area contributed by atoms with E-state index in [1.54, 1.807) is 0 Å². The monoisotopic (exact) mass is 300 g/mol. The van der Waals surface area contributed by atoms with E-state index >= 15 is 0 Å². The van der Waals surface area contributed by atoms with Gasteiger partial charge in [-0.2, -0.15) is 0 Å². The minimum absolute atomic E-state index is 0.00336. The number of primary amides is 1. The van der Waals surface area contributed by atoms with Crippen molar-refractivity contribution >= 4 is 17.6 Å². The summed E-state index contributed by atoms with van der Waals surface area (Å²) in [4.78, 5) is 27.2. The zero-order valence-corrected chi connectivity index (χ0v) is 12.5. The average Bonchev–Trinajstić information content (AvgIpc) is 2.41. The van der Waals surface area contributed by atoms with E-state index in [1.165, 1.54) is 0 Å². The van der Waals surface area contributed by atoms with E-state index < -0.39 is 17.9 Å². The molecule has 2 atom stereocenters. The summed E-state index contributed by atoms with van der Waals surface area (Å²) in [5.74, 6) is -1.16. The molecule has 10 N–H and O–H groups in total. The highest BCUT2D eigenvalue weighted by atomic mass is 16.1. The quantitative estimate of drug-likeness (QED) is 0.167. The fourth-order valence-corrected chi connectivity index (χ4v) is 1.95. The summed E-state index contributed by atoms with van der Waals surface area (Å²) in [7, 11) is 0. The third-order valence-corrected chi connectivity index (χ3v) is 3.24. The fourth-order valence-electron chi connectivity index (χ4n) is 1.95. The molecule has 8 nitrogen and oxygen atoms in total. The van der Waals surface area contributed by atoms with E-state index in [4.69, 9.17) is 28.7 Å². The van der Waals surface area contributed by atoms with Crippen molar-refractivity contribution in [2.45, 2.75) is 44.6 Å². The third kappa shape index (κ3) is 9.80. The van der Waals surface area contributed by atoms with Crippen LogP contribution in [-0.2, 0) is 9.59 Å². The first-order valence-electron chi connectivity index (χ1n) is 7.21. The van der Waals surface area contributed by atoms with Crippen LogP contribution in [0, 0.1) is 5.92 Å². The van der Waals surface area contributed by atoms with E-state index in [0.717, 1.165) is 12.8 Å². The Morgan fingerprint density at radius 1 is 1.00 bits per heavy atom. The summed E-state index contributed by atoms with van der Waals surface area (Å²) in [6, 6.07) is -0.559. The van der Waals surface area contributed by atoms with Gasteiger partial charge in [-0.1, -0.05) is 6.42 Å². The van der Waals surface area contributed by atoms with Crippen LogP contribution in [0.25, 0.3) is 0 Å². The van der Waals surface area contributed by atoms with E-state index in [0.29, 0.717) is 32.4 Å². The van der Waals surface area contributed by atoms with Gasteiger partial charge in [-0.3, -0.25) is 14.6 Å². The van der Waals surface area contributed by atoms with Gasteiger partial charge in [0, 0.05) is 18.9 Å². The molecule has 0 aromatic rings. The Morgan fingerprint density at radius 3 is 2.19 bits per heavy atom. The highest BCUT2D eigenvalue weighted by Crippen LogP contribution is 2.14. The van der Waals surface area contributed by atoms with Gasteiger partial charge in [-0.25, -0.2) is 0 Å². The van der Waals surface area contributed by atoms with Crippen molar-refractivity contribution in [3.63, 3.8) is 0 Å². The first-order valence-corrected chi connectivity index (χ1v) is 7.21. The number of nitrogens with zero attached hydrogens (tertiary/aromatic N) is 1. The van der Waals surface area contributed by atoms with Crippen molar-refractivity contribution in [2.24, 2.45) is 39.6 Å². The summed E-state index contributed by atoms with van der Waals surface area (Å²) >= 11 is 0. The first kappa shape index (κ1) is 19.3. The molecule has 0 heterocycles. The number of amides is 1. The highest BCUT2D eigenvalue weighted by Gasteiger charge is 2.22. The lowest BCUT2D eigenvalue weighted by Gasteiger charge is -2.15. The minimum Gasteiger partial charge on any atom is -0.370 e. The van der Waals surface area contributed by atoms with Crippen molar-refractivity contribution in [2.75, 3.05) is 13.1 Å². The largest absolute Gasteiger partial charge is 0.370 e. The van der Waals surface area contributed by atoms with Gasteiger partial charge in [0.15, 0.2) is 5.96 Å². The van der Waals surface area contributed by atoms with Crippen LogP contribution in [-0.4, -0.2) is 36.8 Å².